The predicted molar refractivity (Wildman–Crippen MR) is 86.8 cm³/mol. The first-order valence-electron chi connectivity index (χ1n) is 6.95. The number of halogens is 1. The molecule has 2 rings (SSSR count). The lowest BCUT2D eigenvalue weighted by molar-refractivity contribution is -0.118. The molecule has 1 aromatic carbocycles. The molecule has 0 radical (unpaired) electrons. The summed E-state index contributed by atoms with van der Waals surface area (Å²) >= 11 is 3.43. The number of rotatable bonds is 3. The van der Waals surface area contributed by atoms with Crippen molar-refractivity contribution >= 4 is 27.5 Å². The zero-order chi connectivity index (χ0) is 15.1. The summed E-state index contributed by atoms with van der Waals surface area (Å²) in [5, 5.41) is 6.45. The highest BCUT2D eigenvalue weighted by atomic mass is 79.9. The standard InChI is InChI=1S/C16H23BrN2O/c1-15(2,3)9-16(4,5)19-13-11-7-6-10(17)8-12(11)18-14(13)20/h6-8,13,19H,9H2,1-5H3,(H,18,20). The number of benzene rings is 1. The molecule has 1 atom stereocenters. The number of fused-ring (bicyclic) bond motifs is 1. The van der Waals surface area contributed by atoms with Crippen molar-refractivity contribution in [3.05, 3.63) is 28.2 Å². The van der Waals surface area contributed by atoms with Gasteiger partial charge < -0.3 is 5.32 Å². The van der Waals surface area contributed by atoms with E-state index in [0.717, 1.165) is 22.1 Å². The highest BCUT2D eigenvalue weighted by Crippen LogP contribution is 2.36. The fourth-order valence-electron chi connectivity index (χ4n) is 3.15. The van der Waals surface area contributed by atoms with Crippen molar-refractivity contribution in [1.29, 1.82) is 0 Å². The van der Waals surface area contributed by atoms with Crippen molar-refractivity contribution in [2.24, 2.45) is 5.41 Å². The van der Waals surface area contributed by atoms with E-state index in [2.05, 4.69) is 61.2 Å². The van der Waals surface area contributed by atoms with E-state index < -0.39 is 0 Å². The molecule has 0 fully saturated rings. The third kappa shape index (κ3) is 3.61. The summed E-state index contributed by atoms with van der Waals surface area (Å²) in [6, 6.07) is 5.66. The van der Waals surface area contributed by atoms with Gasteiger partial charge in [-0.05, 0) is 37.8 Å². The van der Waals surface area contributed by atoms with E-state index in [1.807, 2.05) is 18.2 Å². The highest BCUT2D eigenvalue weighted by molar-refractivity contribution is 9.10. The monoisotopic (exact) mass is 338 g/mol. The van der Waals surface area contributed by atoms with Gasteiger partial charge in [-0.3, -0.25) is 10.1 Å². The van der Waals surface area contributed by atoms with Crippen molar-refractivity contribution in [3.8, 4) is 0 Å². The molecule has 1 aromatic rings. The normalized spacial score (nSPS) is 18.9. The second kappa shape index (κ2) is 5.15. The van der Waals surface area contributed by atoms with Crippen molar-refractivity contribution < 1.29 is 4.79 Å². The van der Waals surface area contributed by atoms with Gasteiger partial charge in [0.1, 0.15) is 6.04 Å². The van der Waals surface area contributed by atoms with E-state index in [1.165, 1.54) is 0 Å². The molecule has 0 saturated carbocycles. The Morgan fingerprint density at radius 2 is 1.90 bits per heavy atom. The summed E-state index contributed by atoms with van der Waals surface area (Å²) < 4.78 is 0.978. The SMILES string of the molecule is CC(C)(C)CC(C)(C)NC1C(=O)Nc2cc(Br)ccc21. The van der Waals surface area contributed by atoms with Gasteiger partial charge in [-0.1, -0.05) is 42.8 Å². The summed E-state index contributed by atoms with van der Waals surface area (Å²) in [5.74, 6) is 0.0279. The molecule has 4 heteroatoms. The van der Waals surface area contributed by atoms with Gasteiger partial charge in [-0.2, -0.15) is 0 Å². The minimum Gasteiger partial charge on any atom is -0.324 e. The summed E-state index contributed by atoms with van der Waals surface area (Å²) in [7, 11) is 0. The molecule has 2 N–H and O–H groups in total. The quantitative estimate of drug-likeness (QED) is 0.865. The summed E-state index contributed by atoms with van der Waals surface area (Å²) in [6.07, 6.45) is 0.996. The first-order valence-corrected chi connectivity index (χ1v) is 7.75. The number of anilines is 1. The van der Waals surface area contributed by atoms with Crippen LogP contribution in [0.3, 0.4) is 0 Å². The molecule has 0 aliphatic carbocycles. The lowest BCUT2D eigenvalue weighted by Gasteiger charge is -2.35. The van der Waals surface area contributed by atoms with Gasteiger partial charge in [0.2, 0.25) is 5.91 Å². The van der Waals surface area contributed by atoms with Crippen LogP contribution in [-0.4, -0.2) is 11.4 Å². The molecule has 20 heavy (non-hydrogen) atoms. The molecule has 3 nitrogen and oxygen atoms in total. The molecular weight excluding hydrogens is 316 g/mol. The van der Waals surface area contributed by atoms with Crippen molar-refractivity contribution in [3.63, 3.8) is 0 Å². The van der Waals surface area contributed by atoms with E-state index in [4.69, 9.17) is 0 Å². The fourth-order valence-corrected chi connectivity index (χ4v) is 3.51. The number of carbonyl (C=O) groups is 1. The molecule has 0 saturated heterocycles. The number of hydrogen-bond acceptors (Lipinski definition) is 2. The zero-order valence-electron chi connectivity index (χ0n) is 12.8. The highest BCUT2D eigenvalue weighted by Gasteiger charge is 2.36. The smallest absolute Gasteiger partial charge is 0.246 e. The van der Waals surface area contributed by atoms with Crippen LogP contribution in [-0.2, 0) is 4.79 Å². The van der Waals surface area contributed by atoms with Crippen LogP contribution in [0.15, 0.2) is 22.7 Å². The lowest BCUT2D eigenvalue weighted by Crippen LogP contribution is -2.46. The maximum atomic E-state index is 12.2. The molecule has 0 spiro atoms. The first-order chi connectivity index (χ1) is 9.07. The Kier molecular flexibility index (Phi) is 4.00. The van der Waals surface area contributed by atoms with Crippen LogP contribution in [0.1, 0.15) is 52.6 Å². The number of amides is 1. The second-order valence-corrected chi connectivity index (χ2v) is 8.34. The van der Waals surface area contributed by atoms with Gasteiger partial charge in [0.05, 0.1) is 0 Å². The van der Waals surface area contributed by atoms with Gasteiger partial charge in [-0.15, -0.1) is 0 Å². The van der Waals surface area contributed by atoms with E-state index >= 15 is 0 Å². The Morgan fingerprint density at radius 1 is 1.25 bits per heavy atom. The third-order valence-corrected chi connectivity index (χ3v) is 3.85. The molecule has 110 valence electrons. The van der Waals surface area contributed by atoms with Crippen LogP contribution in [0.4, 0.5) is 5.69 Å². The third-order valence-electron chi connectivity index (χ3n) is 3.35. The van der Waals surface area contributed by atoms with Crippen LogP contribution < -0.4 is 10.6 Å². The Hall–Kier alpha value is -0.870. The van der Waals surface area contributed by atoms with Gasteiger partial charge in [0.25, 0.3) is 0 Å². The molecule has 1 unspecified atom stereocenters. The van der Waals surface area contributed by atoms with Gasteiger partial charge in [0, 0.05) is 21.3 Å². The maximum absolute atomic E-state index is 12.2. The minimum atomic E-state index is -0.268. The number of carbonyl (C=O) groups excluding carboxylic acids is 1. The summed E-state index contributed by atoms with van der Waals surface area (Å²) in [5.41, 5.74) is 2.04. The van der Waals surface area contributed by atoms with E-state index in [0.29, 0.717) is 0 Å². The van der Waals surface area contributed by atoms with Gasteiger partial charge in [0.15, 0.2) is 0 Å². The van der Waals surface area contributed by atoms with Crippen LogP contribution in [0.5, 0.6) is 0 Å². The average Bonchev–Trinajstić information content (AvgIpc) is 2.50. The van der Waals surface area contributed by atoms with E-state index in [1.54, 1.807) is 0 Å². The Labute approximate surface area is 129 Å². The van der Waals surface area contributed by atoms with Crippen molar-refractivity contribution in [2.45, 2.75) is 52.6 Å². The Balaban J connectivity index is 2.21. The summed E-state index contributed by atoms with van der Waals surface area (Å²) in [4.78, 5) is 12.2. The van der Waals surface area contributed by atoms with Crippen LogP contribution >= 0.6 is 15.9 Å². The predicted octanol–water partition coefficient (Wildman–Crippen LogP) is 4.25. The first kappa shape index (κ1) is 15.5. The average molecular weight is 339 g/mol. The molecule has 1 aliphatic heterocycles. The minimum absolute atomic E-state index is 0.0279. The fraction of sp³-hybridized carbons (Fsp3) is 0.562. The largest absolute Gasteiger partial charge is 0.324 e. The molecule has 1 amide bonds. The van der Waals surface area contributed by atoms with Gasteiger partial charge in [-0.25, -0.2) is 0 Å². The molecule has 1 heterocycles. The molecule has 0 aromatic heterocycles. The number of nitrogens with one attached hydrogen (secondary N) is 2. The van der Waals surface area contributed by atoms with E-state index in [-0.39, 0.29) is 22.9 Å². The Bertz CT molecular complexity index is 532. The molecular formula is C16H23BrN2O. The van der Waals surface area contributed by atoms with Crippen molar-refractivity contribution in [1.82, 2.24) is 5.32 Å². The van der Waals surface area contributed by atoms with Crippen LogP contribution in [0, 0.1) is 5.41 Å². The van der Waals surface area contributed by atoms with Crippen LogP contribution in [0.25, 0.3) is 0 Å². The topological polar surface area (TPSA) is 41.1 Å². The lowest BCUT2D eigenvalue weighted by atomic mass is 9.81. The van der Waals surface area contributed by atoms with Crippen LogP contribution in [0.2, 0.25) is 0 Å². The number of hydrogen-bond donors (Lipinski definition) is 2. The molecule has 1 aliphatic rings. The van der Waals surface area contributed by atoms with E-state index in [9.17, 15) is 4.79 Å². The van der Waals surface area contributed by atoms with Gasteiger partial charge >= 0.3 is 0 Å². The summed E-state index contributed by atoms with van der Waals surface area (Å²) in [6.45, 7) is 11.0. The molecule has 0 bridgehead atoms. The maximum Gasteiger partial charge on any atom is 0.246 e. The Morgan fingerprint density at radius 3 is 2.50 bits per heavy atom. The van der Waals surface area contributed by atoms with Crippen molar-refractivity contribution in [2.75, 3.05) is 5.32 Å². The second-order valence-electron chi connectivity index (χ2n) is 7.42. The zero-order valence-corrected chi connectivity index (χ0v) is 14.4.